The van der Waals surface area contributed by atoms with E-state index >= 15 is 0 Å². The zero-order valence-corrected chi connectivity index (χ0v) is 19.8. The Hall–Kier alpha value is -4.52. The lowest BCUT2D eigenvalue weighted by atomic mass is 10.1. The number of amides is 3. The molecule has 3 rings (SSSR count). The van der Waals surface area contributed by atoms with Crippen molar-refractivity contribution in [1.29, 1.82) is 5.26 Å². The Morgan fingerprint density at radius 1 is 1.17 bits per heavy atom. The molecule has 2 aromatic carbocycles. The summed E-state index contributed by atoms with van der Waals surface area (Å²) in [6.45, 7) is 4.16. The summed E-state index contributed by atoms with van der Waals surface area (Å²) in [5.74, 6) is 1.33. The average Bonchev–Trinajstić information content (AvgIpc) is 3.38. The number of hydrogen-bond acceptors (Lipinski definition) is 7. The van der Waals surface area contributed by atoms with Crippen LogP contribution in [-0.2, 0) is 0 Å². The largest absolute Gasteiger partial charge is 0.496 e. The van der Waals surface area contributed by atoms with E-state index in [0.717, 1.165) is 0 Å². The molecule has 2 N–H and O–H groups in total. The average molecular weight is 478 g/mol. The van der Waals surface area contributed by atoms with Crippen LogP contribution in [0.3, 0.4) is 0 Å². The van der Waals surface area contributed by atoms with Gasteiger partial charge in [0, 0.05) is 36.1 Å². The van der Waals surface area contributed by atoms with Gasteiger partial charge in [0.2, 0.25) is 0 Å². The number of anilines is 2. The van der Waals surface area contributed by atoms with Crippen LogP contribution >= 0.6 is 0 Å². The molecule has 182 valence electrons. The Kier molecular flexibility index (Phi) is 8.67. The van der Waals surface area contributed by atoms with Crippen molar-refractivity contribution in [2.24, 2.45) is 0 Å². The zero-order chi connectivity index (χ0) is 25.2. The molecule has 10 heteroatoms. The number of hydrogen-bond donors (Lipinski definition) is 2. The first kappa shape index (κ1) is 25.1. The maximum Gasteiger partial charge on any atom is 0.415 e. The summed E-state index contributed by atoms with van der Waals surface area (Å²) in [4.78, 5) is 30.6. The Balaban J connectivity index is 1.65. The Labute approximate surface area is 203 Å². The highest BCUT2D eigenvalue weighted by Gasteiger charge is 2.22. The number of urea groups is 1. The summed E-state index contributed by atoms with van der Waals surface area (Å²) >= 11 is 0. The van der Waals surface area contributed by atoms with Gasteiger partial charge in [-0.05, 0) is 37.6 Å². The summed E-state index contributed by atoms with van der Waals surface area (Å²) < 4.78 is 16.2. The highest BCUT2D eigenvalue weighted by atomic mass is 16.6. The quantitative estimate of drug-likeness (QED) is 0.416. The van der Waals surface area contributed by atoms with Crippen molar-refractivity contribution >= 4 is 23.5 Å². The number of rotatable bonds is 9. The maximum atomic E-state index is 12.6. The standard InChI is InChI=1S/C25H27N5O5/c1-4-19(11-12-26)30(5-2)25(32)35-20-8-6-7-17(13-20)28-24(31)29-18-9-10-21(22(14-18)33-3)23-15-27-16-34-23/h6-10,13-16,19H,4-5,11H2,1-3H3,(H2,28,29,31)/t19-/m0/s1. The summed E-state index contributed by atoms with van der Waals surface area (Å²) in [5, 5.41) is 14.5. The summed E-state index contributed by atoms with van der Waals surface area (Å²) in [6, 6.07) is 13.0. The van der Waals surface area contributed by atoms with Gasteiger partial charge >= 0.3 is 12.1 Å². The number of oxazole rings is 1. The monoisotopic (exact) mass is 477 g/mol. The molecule has 0 unspecified atom stereocenters. The molecule has 1 aromatic heterocycles. The molecule has 0 aliphatic rings. The first-order valence-electron chi connectivity index (χ1n) is 11.1. The molecule has 0 radical (unpaired) electrons. The Morgan fingerprint density at radius 2 is 1.94 bits per heavy atom. The minimum atomic E-state index is -0.546. The van der Waals surface area contributed by atoms with Crippen LogP contribution < -0.4 is 20.1 Å². The predicted octanol–water partition coefficient (Wildman–Crippen LogP) is 5.51. The second kappa shape index (κ2) is 12.1. The van der Waals surface area contributed by atoms with E-state index < -0.39 is 12.1 Å². The molecule has 0 aliphatic heterocycles. The lowest BCUT2D eigenvalue weighted by Gasteiger charge is -2.27. The van der Waals surface area contributed by atoms with E-state index in [9.17, 15) is 9.59 Å². The van der Waals surface area contributed by atoms with Crippen LogP contribution in [0.1, 0.15) is 26.7 Å². The number of aromatic nitrogens is 1. The molecule has 0 saturated carbocycles. The van der Waals surface area contributed by atoms with Crippen molar-refractivity contribution in [3.05, 3.63) is 55.1 Å². The van der Waals surface area contributed by atoms with Crippen molar-refractivity contribution < 1.29 is 23.5 Å². The van der Waals surface area contributed by atoms with Crippen LogP contribution in [0.15, 0.2) is 59.5 Å². The lowest BCUT2D eigenvalue weighted by molar-refractivity contribution is 0.133. The van der Waals surface area contributed by atoms with Crippen LogP contribution in [0.25, 0.3) is 11.3 Å². The highest BCUT2D eigenvalue weighted by molar-refractivity contribution is 6.00. The molecule has 10 nitrogen and oxygen atoms in total. The number of benzene rings is 2. The molecule has 3 aromatic rings. The van der Waals surface area contributed by atoms with Gasteiger partial charge in [-0.25, -0.2) is 14.6 Å². The van der Waals surface area contributed by atoms with Gasteiger partial charge in [-0.15, -0.1) is 0 Å². The molecule has 0 saturated heterocycles. The fourth-order valence-electron chi connectivity index (χ4n) is 3.53. The number of ether oxygens (including phenoxy) is 2. The molecule has 1 atom stereocenters. The van der Waals surface area contributed by atoms with Crippen LogP contribution in [0.5, 0.6) is 11.5 Å². The molecule has 3 amide bonds. The van der Waals surface area contributed by atoms with Crippen LogP contribution in [0, 0.1) is 11.3 Å². The van der Waals surface area contributed by atoms with Crippen LogP contribution in [-0.4, -0.2) is 41.7 Å². The van der Waals surface area contributed by atoms with Gasteiger partial charge in [0.05, 0.1) is 31.4 Å². The van der Waals surface area contributed by atoms with Crippen molar-refractivity contribution in [3.63, 3.8) is 0 Å². The van der Waals surface area contributed by atoms with E-state index in [-0.39, 0.29) is 18.2 Å². The van der Waals surface area contributed by atoms with E-state index in [1.807, 2.05) is 13.8 Å². The van der Waals surface area contributed by atoms with E-state index in [4.69, 9.17) is 19.2 Å². The third-order valence-electron chi connectivity index (χ3n) is 5.27. The molecule has 0 bridgehead atoms. The van der Waals surface area contributed by atoms with Gasteiger partial charge in [0.15, 0.2) is 12.2 Å². The number of methoxy groups -OCH3 is 1. The minimum absolute atomic E-state index is 0.225. The van der Waals surface area contributed by atoms with Gasteiger partial charge in [0.25, 0.3) is 0 Å². The summed E-state index contributed by atoms with van der Waals surface area (Å²) in [5.41, 5.74) is 1.64. The van der Waals surface area contributed by atoms with Crippen molar-refractivity contribution in [3.8, 4) is 28.9 Å². The first-order chi connectivity index (χ1) is 17.0. The van der Waals surface area contributed by atoms with Crippen molar-refractivity contribution in [2.45, 2.75) is 32.7 Å². The topological polar surface area (TPSA) is 130 Å². The number of nitrogens with one attached hydrogen (secondary N) is 2. The minimum Gasteiger partial charge on any atom is -0.496 e. The molecule has 0 aliphatic carbocycles. The maximum absolute atomic E-state index is 12.6. The lowest BCUT2D eigenvalue weighted by Crippen LogP contribution is -2.41. The number of carbonyl (C=O) groups is 2. The Morgan fingerprint density at radius 3 is 2.57 bits per heavy atom. The molecule has 1 heterocycles. The van der Waals surface area contributed by atoms with E-state index in [2.05, 4.69) is 21.7 Å². The van der Waals surface area contributed by atoms with E-state index in [1.165, 1.54) is 18.4 Å². The second-order valence-corrected chi connectivity index (χ2v) is 7.47. The first-order valence-corrected chi connectivity index (χ1v) is 11.1. The predicted molar refractivity (Wildman–Crippen MR) is 130 cm³/mol. The summed E-state index contributed by atoms with van der Waals surface area (Å²) in [7, 11) is 1.52. The van der Waals surface area contributed by atoms with Gasteiger partial charge in [-0.1, -0.05) is 13.0 Å². The van der Waals surface area contributed by atoms with Gasteiger partial charge in [-0.3, -0.25) is 0 Å². The smallest absolute Gasteiger partial charge is 0.415 e. The third-order valence-corrected chi connectivity index (χ3v) is 5.27. The molecule has 0 fully saturated rings. The van der Waals surface area contributed by atoms with Gasteiger partial charge < -0.3 is 29.4 Å². The number of carbonyl (C=O) groups excluding carboxylic acids is 2. The second-order valence-electron chi connectivity index (χ2n) is 7.47. The van der Waals surface area contributed by atoms with Crippen molar-refractivity contribution in [1.82, 2.24) is 9.88 Å². The normalized spacial score (nSPS) is 11.1. The molecular formula is C25H27N5O5. The van der Waals surface area contributed by atoms with E-state index in [0.29, 0.717) is 41.4 Å². The summed E-state index contributed by atoms with van der Waals surface area (Å²) in [6.07, 6.45) is 3.22. The van der Waals surface area contributed by atoms with Gasteiger partial charge in [0.1, 0.15) is 11.5 Å². The molecular weight excluding hydrogens is 450 g/mol. The van der Waals surface area contributed by atoms with Crippen molar-refractivity contribution in [2.75, 3.05) is 24.3 Å². The number of nitriles is 1. The van der Waals surface area contributed by atoms with Crippen LogP contribution in [0.4, 0.5) is 21.0 Å². The molecule has 0 spiro atoms. The Bertz CT molecular complexity index is 1190. The fourth-order valence-corrected chi connectivity index (χ4v) is 3.53. The third kappa shape index (κ3) is 6.51. The number of nitrogens with zero attached hydrogens (tertiary/aromatic N) is 3. The van der Waals surface area contributed by atoms with E-state index in [1.54, 1.807) is 48.7 Å². The fraction of sp³-hybridized carbons (Fsp3) is 0.280. The molecule has 35 heavy (non-hydrogen) atoms. The highest BCUT2D eigenvalue weighted by Crippen LogP contribution is 2.32. The van der Waals surface area contributed by atoms with Gasteiger partial charge in [-0.2, -0.15) is 5.26 Å². The SMILES string of the molecule is CC[C@@H](CC#N)N(CC)C(=O)Oc1cccc(NC(=O)Nc2ccc(-c3cnco3)c(OC)c2)c1. The zero-order valence-electron chi connectivity index (χ0n) is 19.8. The van der Waals surface area contributed by atoms with Crippen LogP contribution in [0.2, 0.25) is 0 Å².